The lowest BCUT2D eigenvalue weighted by molar-refractivity contribution is -0.144. The molecular formula is C22H36N2O3. The minimum atomic E-state index is -0.473. The molecule has 0 aliphatic heterocycles. The minimum absolute atomic E-state index is 0.0159. The zero-order valence-corrected chi connectivity index (χ0v) is 17.0. The molecule has 7 unspecified atom stereocenters. The van der Waals surface area contributed by atoms with Gasteiger partial charge in [0.1, 0.15) is 0 Å². The van der Waals surface area contributed by atoms with Crippen molar-refractivity contribution in [1.29, 1.82) is 0 Å². The number of nitrogens with one attached hydrogen (secondary N) is 2. The van der Waals surface area contributed by atoms with E-state index in [4.69, 9.17) is 0 Å². The fourth-order valence-corrected chi connectivity index (χ4v) is 5.90. The van der Waals surface area contributed by atoms with Crippen molar-refractivity contribution in [1.82, 2.24) is 10.6 Å². The molecular weight excluding hydrogens is 340 g/mol. The number of fused-ring (bicyclic) bond motifs is 1. The second kappa shape index (κ2) is 7.06. The number of amides is 2. The van der Waals surface area contributed by atoms with E-state index in [1.165, 1.54) is 0 Å². The molecule has 4 rings (SSSR count). The third-order valence-corrected chi connectivity index (χ3v) is 8.14. The summed E-state index contributed by atoms with van der Waals surface area (Å²) in [5.41, 5.74) is 0.114. The molecule has 0 aromatic heterocycles. The molecule has 0 aromatic rings. The van der Waals surface area contributed by atoms with Crippen molar-refractivity contribution in [2.75, 3.05) is 0 Å². The van der Waals surface area contributed by atoms with Crippen LogP contribution in [0.5, 0.6) is 0 Å². The van der Waals surface area contributed by atoms with E-state index in [-0.39, 0.29) is 52.9 Å². The summed E-state index contributed by atoms with van der Waals surface area (Å²) in [7, 11) is 0. The van der Waals surface area contributed by atoms with E-state index in [0.29, 0.717) is 6.04 Å². The Labute approximate surface area is 163 Å². The summed E-state index contributed by atoms with van der Waals surface area (Å²) >= 11 is 0. The maximum Gasteiger partial charge on any atom is 0.223 e. The lowest BCUT2D eigenvalue weighted by Crippen LogP contribution is -2.58. The predicted octanol–water partition coefficient (Wildman–Crippen LogP) is 2.62. The van der Waals surface area contributed by atoms with E-state index in [9.17, 15) is 14.7 Å². The quantitative estimate of drug-likeness (QED) is 0.690. The minimum Gasteiger partial charge on any atom is -0.392 e. The summed E-state index contributed by atoms with van der Waals surface area (Å²) in [5.74, 6) is 0.775. The average Bonchev–Trinajstić information content (AvgIpc) is 3.50. The Morgan fingerprint density at radius 1 is 1.04 bits per heavy atom. The number of aliphatic hydroxyl groups excluding tert-OH is 1. The van der Waals surface area contributed by atoms with Gasteiger partial charge in [-0.25, -0.2) is 0 Å². The summed E-state index contributed by atoms with van der Waals surface area (Å²) in [4.78, 5) is 24.9. The Kier molecular flexibility index (Phi) is 5.02. The van der Waals surface area contributed by atoms with Crippen LogP contribution in [0.2, 0.25) is 0 Å². The molecule has 27 heavy (non-hydrogen) atoms. The van der Waals surface area contributed by atoms with E-state index in [0.717, 1.165) is 51.4 Å². The van der Waals surface area contributed by atoms with Crippen LogP contribution in [0.4, 0.5) is 0 Å². The van der Waals surface area contributed by atoms with Crippen molar-refractivity contribution in [2.45, 2.75) is 90.3 Å². The second-order valence-electron chi connectivity index (χ2n) is 10.2. The molecule has 5 heteroatoms. The molecule has 5 nitrogen and oxygen atoms in total. The molecule has 4 aliphatic rings. The van der Waals surface area contributed by atoms with Crippen molar-refractivity contribution < 1.29 is 14.7 Å². The highest BCUT2D eigenvalue weighted by Crippen LogP contribution is 2.55. The predicted molar refractivity (Wildman–Crippen MR) is 104 cm³/mol. The molecule has 2 amide bonds. The van der Waals surface area contributed by atoms with Gasteiger partial charge in [0, 0.05) is 23.9 Å². The number of aliphatic hydroxyl groups is 1. The van der Waals surface area contributed by atoms with Crippen molar-refractivity contribution in [3.05, 3.63) is 0 Å². The van der Waals surface area contributed by atoms with Crippen LogP contribution in [0.1, 0.15) is 72.1 Å². The van der Waals surface area contributed by atoms with Gasteiger partial charge in [0.25, 0.3) is 0 Å². The number of carbonyl (C=O) groups excluding carboxylic acids is 2. The molecule has 3 N–H and O–H groups in total. The Bertz CT molecular complexity index is 600. The van der Waals surface area contributed by atoms with Gasteiger partial charge < -0.3 is 15.7 Å². The summed E-state index contributed by atoms with van der Waals surface area (Å²) < 4.78 is 0. The van der Waals surface area contributed by atoms with E-state index in [2.05, 4.69) is 24.5 Å². The Morgan fingerprint density at radius 3 is 2.33 bits per heavy atom. The molecule has 4 fully saturated rings. The fraction of sp³-hybridized carbons (Fsp3) is 0.909. The molecule has 7 atom stereocenters. The van der Waals surface area contributed by atoms with E-state index >= 15 is 0 Å². The molecule has 0 aromatic carbocycles. The van der Waals surface area contributed by atoms with Gasteiger partial charge in [0.2, 0.25) is 11.8 Å². The van der Waals surface area contributed by atoms with Gasteiger partial charge in [-0.2, -0.15) is 0 Å². The molecule has 0 saturated heterocycles. The van der Waals surface area contributed by atoms with Crippen LogP contribution in [-0.2, 0) is 9.59 Å². The first-order valence-corrected chi connectivity index (χ1v) is 11.1. The first-order chi connectivity index (χ1) is 12.8. The van der Waals surface area contributed by atoms with Crippen molar-refractivity contribution in [3.63, 3.8) is 0 Å². The summed E-state index contributed by atoms with van der Waals surface area (Å²) in [6.07, 6.45) is 7.77. The van der Waals surface area contributed by atoms with Crippen molar-refractivity contribution in [3.8, 4) is 0 Å². The summed E-state index contributed by atoms with van der Waals surface area (Å²) in [5, 5.41) is 17.7. The summed E-state index contributed by atoms with van der Waals surface area (Å²) in [6, 6.07) is 0.516. The third-order valence-electron chi connectivity index (χ3n) is 8.14. The van der Waals surface area contributed by atoms with Gasteiger partial charge in [-0.05, 0) is 74.5 Å². The molecule has 0 heterocycles. The van der Waals surface area contributed by atoms with Crippen LogP contribution in [-0.4, -0.2) is 35.1 Å². The Hall–Kier alpha value is -1.10. The molecule has 0 radical (unpaired) electrons. The van der Waals surface area contributed by atoms with Crippen molar-refractivity contribution in [2.24, 2.45) is 35.0 Å². The van der Waals surface area contributed by atoms with Crippen LogP contribution in [0, 0.1) is 35.0 Å². The largest absolute Gasteiger partial charge is 0.392 e. The van der Waals surface area contributed by atoms with Gasteiger partial charge in [0.05, 0.1) is 6.10 Å². The number of rotatable bonds is 5. The van der Waals surface area contributed by atoms with Crippen LogP contribution in [0.3, 0.4) is 0 Å². The zero-order valence-electron chi connectivity index (χ0n) is 17.0. The zero-order chi connectivity index (χ0) is 19.3. The Balaban J connectivity index is 1.45. The maximum absolute atomic E-state index is 12.6. The standard InChI is InChI=1S/C22H36N2O3/c1-12(20(26)23-15-6-7-15)16-8-10-22(3)11-9-17(13(2)18(22)19(16)25)24-21(27)14-4-5-14/h12-19,25H,4-11H2,1-3H3,(H,23,26)(H,24,27). The summed E-state index contributed by atoms with van der Waals surface area (Å²) in [6.45, 7) is 6.48. The van der Waals surface area contributed by atoms with E-state index in [1.54, 1.807) is 0 Å². The second-order valence-corrected chi connectivity index (χ2v) is 10.2. The molecule has 4 aliphatic carbocycles. The van der Waals surface area contributed by atoms with Crippen molar-refractivity contribution >= 4 is 11.8 Å². The monoisotopic (exact) mass is 376 g/mol. The van der Waals surface area contributed by atoms with Gasteiger partial charge in [-0.15, -0.1) is 0 Å². The van der Waals surface area contributed by atoms with Crippen LogP contribution >= 0.6 is 0 Å². The first-order valence-electron chi connectivity index (χ1n) is 11.1. The Morgan fingerprint density at radius 2 is 1.70 bits per heavy atom. The highest BCUT2D eigenvalue weighted by atomic mass is 16.3. The van der Waals surface area contributed by atoms with E-state index in [1.807, 2.05) is 6.92 Å². The molecule has 4 saturated carbocycles. The van der Waals surface area contributed by atoms with Crippen LogP contribution < -0.4 is 10.6 Å². The average molecular weight is 377 g/mol. The number of hydrogen-bond donors (Lipinski definition) is 3. The van der Waals surface area contributed by atoms with Gasteiger partial charge in [-0.3, -0.25) is 9.59 Å². The normalized spacial score (nSPS) is 42.7. The van der Waals surface area contributed by atoms with Gasteiger partial charge in [0.15, 0.2) is 0 Å². The third kappa shape index (κ3) is 3.76. The smallest absolute Gasteiger partial charge is 0.223 e. The highest BCUT2D eigenvalue weighted by Gasteiger charge is 2.54. The SMILES string of the molecule is CC(C(=O)NC1CC1)C1CCC2(C)CCC(NC(=O)C3CC3)C(C)C2C1O. The van der Waals surface area contributed by atoms with Crippen LogP contribution in [0.25, 0.3) is 0 Å². The highest BCUT2D eigenvalue weighted by molar-refractivity contribution is 5.81. The number of carbonyl (C=O) groups is 2. The van der Waals surface area contributed by atoms with Gasteiger partial charge in [-0.1, -0.05) is 20.8 Å². The fourth-order valence-electron chi connectivity index (χ4n) is 5.90. The van der Waals surface area contributed by atoms with E-state index < -0.39 is 6.10 Å². The molecule has 0 bridgehead atoms. The molecule has 0 spiro atoms. The molecule has 152 valence electrons. The number of hydrogen-bond acceptors (Lipinski definition) is 3. The first kappa shape index (κ1) is 19.2. The lowest BCUT2D eigenvalue weighted by Gasteiger charge is -2.56. The maximum atomic E-state index is 12.6. The topological polar surface area (TPSA) is 78.4 Å². The lowest BCUT2D eigenvalue weighted by atomic mass is 9.51. The van der Waals surface area contributed by atoms with Gasteiger partial charge >= 0.3 is 0 Å². The van der Waals surface area contributed by atoms with Crippen LogP contribution in [0.15, 0.2) is 0 Å².